The molecule has 0 aliphatic heterocycles. The van der Waals surface area contributed by atoms with Crippen molar-refractivity contribution >= 4 is 5.78 Å². The van der Waals surface area contributed by atoms with Gasteiger partial charge in [-0.25, -0.2) is 0 Å². The van der Waals surface area contributed by atoms with Crippen LogP contribution in [0, 0.1) is 11.8 Å². The van der Waals surface area contributed by atoms with Crippen LogP contribution in [-0.4, -0.2) is 12.3 Å². The van der Waals surface area contributed by atoms with Gasteiger partial charge in [-0.05, 0) is 18.4 Å². The predicted molar refractivity (Wildman–Crippen MR) is 70.4 cm³/mol. The lowest BCUT2D eigenvalue weighted by molar-refractivity contribution is -0.120. The van der Waals surface area contributed by atoms with E-state index in [1.54, 1.807) is 0 Å². The van der Waals surface area contributed by atoms with E-state index in [-0.39, 0.29) is 0 Å². The fourth-order valence-electron chi connectivity index (χ4n) is 2.06. The van der Waals surface area contributed by atoms with Crippen LogP contribution in [0.2, 0.25) is 0 Å². The fraction of sp³-hybridized carbons (Fsp3) is 0.929. The molecule has 0 heterocycles. The fourth-order valence-corrected chi connectivity index (χ4v) is 2.06. The van der Waals surface area contributed by atoms with Gasteiger partial charge in [0.2, 0.25) is 0 Å². The molecule has 0 aliphatic rings. The molecule has 2 unspecified atom stereocenters. The lowest BCUT2D eigenvalue weighted by atomic mass is 9.90. The number of nitrogens with two attached hydrogens (primary N) is 1. The summed E-state index contributed by atoms with van der Waals surface area (Å²) < 4.78 is 0. The third-order valence-electron chi connectivity index (χ3n) is 3.49. The first-order valence-electron chi connectivity index (χ1n) is 6.89. The maximum atomic E-state index is 11.8. The van der Waals surface area contributed by atoms with E-state index in [2.05, 4.69) is 20.8 Å². The monoisotopic (exact) mass is 227 g/mol. The zero-order chi connectivity index (χ0) is 12.4. The van der Waals surface area contributed by atoms with Crippen molar-refractivity contribution in [1.82, 2.24) is 0 Å². The Morgan fingerprint density at radius 3 is 2.06 bits per heavy atom. The van der Waals surface area contributed by atoms with E-state index in [1.165, 1.54) is 19.3 Å². The first kappa shape index (κ1) is 15.6. The highest BCUT2D eigenvalue weighted by Crippen LogP contribution is 2.19. The van der Waals surface area contributed by atoms with Gasteiger partial charge in [-0.15, -0.1) is 0 Å². The molecule has 96 valence electrons. The second kappa shape index (κ2) is 9.83. The number of unbranched alkanes of at least 4 members (excludes halogenated alkanes) is 1. The van der Waals surface area contributed by atoms with E-state index < -0.39 is 0 Å². The van der Waals surface area contributed by atoms with Crippen molar-refractivity contribution in [3.8, 4) is 0 Å². The molecule has 0 rings (SSSR count). The highest BCUT2D eigenvalue weighted by molar-refractivity contribution is 5.78. The first-order chi connectivity index (χ1) is 7.67. The molecule has 0 aromatic rings. The molecule has 0 saturated heterocycles. The van der Waals surface area contributed by atoms with Crippen LogP contribution in [0.1, 0.15) is 65.7 Å². The van der Waals surface area contributed by atoms with E-state index in [1.807, 2.05) is 0 Å². The van der Waals surface area contributed by atoms with Gasteiger partial charge in [-0.3, -0.25) is 4.79 Å². The minimum atomic E-state index is 0.399. The Morgan fingerprint density at radius 2 is 1.62 bits per heavy atom. The van der Waals surface area contributed by atoms with Crippen molar-refractivity contribution < 1.29 is 4.79 Å². The molecular weight excluding hydrogens is 198 g/mol. The van der Waals surface area contributed by atoms with E-state index >= 15 is 0 Å². The van der Waals surface area contributed by atoms with Crippen LogP contribution in [0.5, 0.6) is 0 Å². The van der Waals surface area contributed by atoms with Gasteiger partial charge >= 0.3 is 0 Å². The molecule has 2 nitrogen and oxygen atoms in total. The van der Waals surface area contributed by atoms with Crippen molar-refractivity contribution in [3.63, 3.8) is 0 Å². The average molecular weight is 227 g/mol. The minimum absolute atomic E-state index is 0.399. The molecule has 0 fully saturated rings. The molecule has 0 aromatic carbocycles. The third-order valence-corrected chi connectivity index (χ3v) is 3.49. The zero-order valence-electron chi connectivity index (χ0n) is 11.3. The molecule has 0 bridgehead atoms. The number of hydrogen-bond donors (Lipinski definition) is 1. The van der Waals surface area contributed by atoms with Crippen LogP contribution in [-0.2, 0) is 4.79 Å². The summed E-state index contributed by atoms with van der Waals surface area (Å²) in [6.45, 7) is 7.15. The van der Waals surface area contributed by atoms with Gasteiger partial charge in [0, 0.05) is 12.8 Å². The molecule has 0 saturated carbocycles. The summed E-state index contributed by atoms with van der Waals surface area (Å²) in [6, 6.07) is 0. The van der Waals surface area contributed by atoms with Crippen LogP contribution in [0.15, 0.2) is 0 Å². The Kier molecular flexibility index (Phi) is 9.60. The van der Waals surface area contributed by atoms with Crippen LogP contribution in [0.4, 0.5) is 0 Å². The molecule has 0 radical (unpaired) electrons. The predicted octanol–water partition coefficient (Wildman–Crippen LogP) is 3.54. The molecule has 0 spiro atoms. The summed E-state index contributed by atoms with van der Waals surface area (Å²) in [4.78, 5) is 11.8. The number of Topliss-reactive ketones (excluding diaryl/α,β-unsaturated/α-hetero) is 1. The Bertz CT molecular complexity index is 176. The lowest BCUT2D eigenvalue weighted by Gasteiger charge is -2.16. The van der Waals surface area contributed by atoms with Gasteiger partial charge in [0.1, 0.15) is 5.78 Å². The highest BCUT2D eigenvalue weighted by atomic mass is 16.1. The topological polar surface area (TPSA) is 43.1 Å². The highest BCUT2D eigenvalue weighted by Gasteiger charge is 2.15. The van der Waals surface area contributed by atoms with E-state index in [0.717, 1.165) is 19.3 Å². The van der Waals surface area contributed by atoms with Gasteiger partial charge in [0.15, 0.2) is 0 Å². The maximum Gasteiger partial charge on any atom is 0.133 e. The molecule has 2 atom stereocenters. The zero-order valence-corrected chi connectivity index (χ0v) is 11.3. The lowest BCUT2D eigenvalue weighted by Crippen LogP contribution is -2.19. The molecular formula is C14H29NO. The molecule has 2 heteroatoms. The number of carbonyl (C=O) groups is 1. The van der Waals surface area contributed by atoms with E-state index in [4.69, 9.17) is 5.73 Å². The van der Waals surface area contributed by atoms with Crippen LogP contribution >= 0.6 is 0 Å². The van der Waals surface area contributed by atoms with Gasteiger partial charge in [-0.2, -0.15) is 0 Å². The van der Waals surface area contributed by atoms with Crippen LogP contribution in [0.25, 0.3) is 0 Å². The average Bonchev–Trinajstić information content (AvgIpc) is 2.31. The SMILES string of the molecule is CCCCC(CC)CC(=O)CC(CC)CN. The van der Waals surface area contributed by atoms with Gasteiger partial charge in [0.05, 0.1) is 0 Å². The number of hydrogen-bond acceptors (Lipinski definition) is 2. The Balaban J connectivity index is 3.89. The van der Waals surface area contributed by atoms with Crippen molar-refractivity contribution in [3.05, 3.63) is 0 Å². The van der Waals surface area contributed by atoms with Gasteiger partial charge in [0.25, 0.3) is 0 Å². The molecule has 16 heavy (non-hydrogen) atoms. The summed E-state index contributed by atoms with van der Waals surface area (Å²) >= 11 is 0. The van der Waals surface area contributed by atoms with Gasteiger partial charge in [-0.1, -0.05) is 52.9 Å². The summed E-state index contributed by atoms with van der Waals surface area (Å²) in [5, 5.41) is 0. The summed E-state index contributed by atoms with van der Waals surface area (Å²) in [7, 11) is 0. The Labute approximate surface area is 101 Å². The Morgan fingerprint density at radius 1 is 1.06 bits per heavy atom. The molecule has 0 aliphatic carbocycles. The number of carbonyl (C=O) groups excluding carboxylic acids is 1. The largest absolute Gasteiger partial charge is 0.330 e. The summed E-state index contributed by atoms with van der Waals surface area (Å²) in [5.74, 6) is 1.42. The van der Waals surface area contributed by atoms with Crippen molar-refractivity contribution in [2.75, 3.05) is 6.54 Å². The normalized spacial score (nSPS) is 14.8. The quantitative estimate of drug-likeness (QED) is 0.620. The number of ketones is 1. The van der Waals surface area contributed by atoms with Crippen LogP contribution in [0.3, 0.4) is 0 Å². The van der Waals surface area contributed by atoms with Crippen LogP contribution < -0.4 is 5.73 Å². The first-order valence-corrected chi connectivity index (χ1v) is 6.89. The minimum Gasteiger partial charge on any atom is -0.330 e. The summed E-state index contributed by atoms with van der Waals surface area (Å²) in [5.41, 5.74) is 5.62. The second-order valence-corrected chi connectivity index (χ2v) is 4.87. The molecule has 2 N–H and O–H groups in total. The van der Waals surface area contributed by atoms with Crippen molar-refractivity contribution in [2.45, 2.75) is 65.7 Å². The second-order valence-electron chi connectivity index (χ2n) is 4.87. The maximum absolute atomic E-state index is 11.8. The summed E-state index contributed by atoms with van der Waals surface area (Å²) in [6.07, 6.45) is 7.30. The standard InChI is InChI=1S/C14H29NO/c1-4-7-8-12(5-2)9-14(16)10-13(6-3)11-15/h12-13H,4-11,15H2,1-3H3. The smallest absolute Gasteiger partial charge is 0.133 e. The molecule has 0 amide bonds. The number of rotatable bonds is 10. The van der Waals surface area contributed by atoms with Gasteiger partial charge < -0.3 is 5.73 Å². The third kappa shape index (κ3) is 7.00. The molecule has 0 aromatic heterocycles. The van der Waals surface area contributed by atoms with Crippen molar-refractivity contribution in [2.24, 2.45) is 17.6 Å². The van der Waals surface area contributed by atoms with E-state index in [9.17, 15) is 4.79 Å². The van der Waals surface area contributed by atoms with Crippen molar-refractivity contribution in [1.29, 1.82) is 0 Å². The van der Waals surface area contributed by atoms with E-state index in [0.29, 0.717) is 30.6 Å². The Hall–Kier alpha value is -0.370.